The monoisotopic (exact) mass is 347 g/mol. The van der Waals surface area contributed by atoms with Crippen molar-refractivity contribution in [2.45, 2.75) is 31.1 Å². The highest BCUT2D eigenvalue weighted by molar-refractivity contribution is 7.89. The maximum atomic E-state index is 12.1. The first-order chi connectivity index (χ1) is 11.4. The molecule has 2 aromatic rings. The Bertz CT molecular complexity index is 802. The van der Waals surface area contributed by atoms with Crippen LogP contribution in [0.3, 0.4) is 0 Å². The standard InChI is InChI=1S/C17H21N3O3S/c1-2-3-6-13-9-11-14(12-10-13)19-17(21)20-15-7-4-5-8-16(15)24(18,22)23/h4-5,7-12H,2-3,6H2,1H3,(H2,18,22,23)(H2,19,20,21). The van der Waals surface area contributed by atoms with Crippen LogP contribution >= 0.6 is 0 Å². The van der Waals surface area contributed by atoms with Gasteiger partial charge in [0.05, 0.1) is 5.69 Å². The molecule has 6 nitrogen and oxygen atoms in total. The first-order valence-corrected chi connectivity index (χ1v) is 9.23. The van der Waals surface area contributed by atoms with Crippen LogP contribution < -0.4 is 15.8 Å². The second kappa shape index (κ2) is 7.94. The Morgan fingerprint density at radius 2 is 1.71 bits per heavy atom. The van der Waals surface area contributed by atoms with E-state index in [1.807, 2.05) is 24.3 Å². The third-order valence-corrected chi connectivity index (χ3v) is 4.44. The molecule has 2 aromatic carbocycles. The second-order valence-electron chi connectivity index (χ2n) is 5.42. The minimum atomic E-state index is -3.91. The number of carbonyl (C=O) groups excluding carboxylic acids is 1. The molecule has 0 aliphatic carbocycles. The lowest BCUT2D eigenvalue weighted by Gasteiger charge is -2.11. The van der Waals surface area contributed by atoms with Gasteiger partial charge in [0.1, 0.15) is 4.90 Å². The van der Waals surface area contributed by atoms with Gasteiger partial charge in [0.2, 0.25) is 10.0 Å². The second-order valence-corrected chi connectivity index (χ2v) is 6.95. The van der Waals surface area contributed by atoms with Crippen LogP contribution in [0.5, 0.6) is 0 Å². The van der Waals surface area contributed by atoms with Crippen LogP contribution in [-0.4, -0.2) is 14.4 Å². The molecule has 2 rings (SSSR count). The predicted molar refractivity (Wildman–Crippen MR) is 95.5 cm³/mol. The van der Waals surface area contributed by atoms with Crippen molar-refractivity contribution in [1.29, 1.82) is 0 Å². The molecular formula is C17H21N3O3S. The van der Waals surface area contributed by atoms with Gasteiger partial charge in [-0.15, -0.1) is 0 Å². The van der Waals surface area contributed by atoms with Gasteiger partial charge in [-0.25, -0.2) is 18.4 Å². The number of hydrogen-bond donors (Lipinski definition) is 3. The summed E-state index contributed by atoms with van der Waals surface area (Å²) < 4.78 is 23.0. The fraction of sp³-hybridized carbons (Fsp3) is 0.235. The first-order valence-electron chi connectivity index (χ1n) is 7.69. The van der Waals surface area contributed by atoms with Crippen LogP contribution in [0, 0.1) is 0 Å². The summed E-state index contributed by atoms with van der Waals surface area (Å²) in [4.78, 5) is 11.9. The average Bonchev–Trinajstić information content (AvgIpc) is 2.53. The molecule has 0 saturated heterocycles. The number of amides is 2. The molecule has 4 N–H and O–H groups in total. The van der Waals surface area contributed by atoms with Gasteiger partial charge in [0.15, 0.2) is 0 Å². The quantitative estimate of drug-likeness (QED) is 0.747. The van der Waals surface area contributed by atoms with Crippen LogP contribution in [0.4, 0.5) is 16.2 Å². The number of sulfonamides is 1. The van der Waals surface area contributed by atoms with Gasteiger partial charge in [-0.05, 0) is 42.7 Å². The first kappa shape index (κ1) is 18.0. The summed E-state index contributed by atoms with van der Waals surface area (Å²) in [5, 5.41) is 10.3. The van der Waals surface area contributed by atoms with Crippen LogP contribution in [-0.2, 0) is 16.4 Å². The van der Waals surface area contributed by atoms with E-state index in [0.29, 0.717) is 5.69 Å². The van der Waals surface area contributed by atoms with Crippen LogP contribution in [0.1, 0.15) is 25.3 Å². The number of para-hydroxylation sites is 1. The van der Waals surface area contributed by atoms with Crippen LogP contribution in [0.2, 0.25) is 0 Å². The molecule has 0 saturated carbocycles. The van der Waals surface area contributed by atoms with E-state index in [4.69, 9.17) is 5.14 Å². The van der Waals surface area contributed by atoms with Crippen molar-refractivity contribution in [1.82, 2.24) is 0 Å². The van der Waals surface area contributed by atoms with Gasteiger partial charge < -0.3 is 10.6 Å². The molecule has 0 aliphatic rings. The van der Waals surface area contributed by atoms with Crippen LogP contribution in [0.15, 0.2) is 53.4 Å². The van der Waals surface area contributed by atoms with E-state index in [1.165, 1.54) is 23.8 Å². The molecule has 24 heavy (non-hydrogen) atoms. The fourth-order valence-electron chi connectivity index (χ4n) is 2.24. The van der Waals surface area contributed by atoms with Crippen molar-refractivity contribution >= 4 is 27.4 Å². The van der Waals surface area contributed by atoms with E-state index in [9.17, 15) is 13.2 Å². The van der Waals surface area contributed by atoms with E-state index in [2.05, 4.69) is 17.6 Å². The van der Waals surface area contributed by atoms with Crippen molar-refractivity contribution in [2.75, 3.05) is 10.6 Å². The number of hydrogen-bond acceptors (Lipinski definition) is 3. The molecule has 0 radical (unpaired) electrons. The van der Waals surface area contributed by atoms with Crippen molar-refractivity contribution in [2.24, 2.45) is 5.14 Å². The Kier molecular flexibility index (Phi) is 5.94. The number of benzene rings is 2. The van der Waals surface area contributed by atoms with Gasteiger partial charge in [-0.2, -0.15) is 0 Å². The van der Waals surface area contributed by atoms with Crippen LogP contribution in [0.25, 0.3) is 0 Å². The number of primary sulfonamides is 1. The molecule has 2 amide bonds. The van der Waals surface area contributed by atoms with Gasteiger partial charge in [0, 0.05) is 5.69 Å². The summed E-state index contributed by atoms with van der Waals surface area (Å²) in [6.45, 7) is 2.14. The third-order valence-electron chi connectivity index (χ3n) is 3.47. The van der Waals surface area contributed by atoms with E-state index in [-0.39, 0.29) is 10.6 Å². The fourth-order valence-corrected chi connectivity index (χ4v) is 2.93. The van der Waals surface area contributed by atoms with Crippen molar-refractivity contribution in [3.05, 3.63) is 54.1 Å². The summed E-state index contributed by atoms with van der Waals surface area (Å²) in [6.07, 6.45) is 3.26. The van der Waals surface area contributed by atoms with E-state index < -0.39 is 16.1 Å². The number of carbonyl (C=O) groups is 1. The van der Waals surface area contributed by atoms with Gasteiger partial charge in [-0.3, -0.25) is 0 Å². The predicted octanol–water partition coefficient (Wildman–Crippen LogP) is 3.32. The van der Waals surface area contributed by atoms with Crippen molar-refractivity contribution < 1.29 is 13.2 Å². The number of unbranched alkanes of at least 4 members (excludes halogenated alkanes) is 1. The largest absolute Gasteiger partial charge is 0.323 e. The molecule has 128 valence electrons. The lowest BCUT2D eigenvalue weighted by atomic mass is 10.1. The minimum absolute atomic E-state index is 0.130. The third kappa shape index (κ3) is 5.07. The molecule has 7 heteroatoms. The van der Waals surface area contributed by atoms with Gasteiger partial charge >= 0.3 is 6.03 Å². The zero-order valence-corrected chi connectivity index (χ0v) is 14.3. The minimum Gasteiger partial charge on any atom is -0.308 e. The number of anilines is 2. The Labute approximate surface area is 142 Å². The molecule has 0 bridgehead atoms. The molecule has 0 atom stereocenters. The topological polar surface area (TPSA) is 101 Å². The lowest BCUT2D eigenvalue weighted by molar-refractivity contribution is 0.262. The zero-order chi connectivity index (χ0) is 17.6. The normalized spacial score (nSPS) is 11.1. The maximum Gasteiger partial charge on any atom is 0.323 e. The highest BCUT2D eigenvalue weighted by Gasteiger charge is 2.15. The molecule has 0 spiro atoms. The Morgan fingerprint density at radius 3 is 2.33 bits per heavy atom. The summed E-state index contributed by atoms with van der Waals surface area (Å²) >= 11 is 0. The number of aryl methyl sites for hydroxylation is 1. The number of nitrogens with one attached hydrogen (secondary N) is 2. The summed E-state index contributed by atoms with van der Waals surface area (Å²) in [6, 6.07) is 13.0. The molecule has 0 unspecified atom stereocenters. The number of rotatable bonds is 6. The van der Waals surface area contributed by atoms with Gasteiger partial charge in [0.25, 0.3) is 0 Å². The molecule has 0 heterocycles. The summed E-state index contributed by atoms with van der Waals surface area (Å²) in [5.74, 6) is 0. The smallest absolute Gasteiger partial charge is 0.308 e. The summed E-state index contributed by atoms with van der Waals surface area (Å²) in [5.41, 5.74) is 1.97. The highest BCUT2D eigenvalue weighted by Crippen LogP contribution is 2.20. The Balaban J connectivity index is 2.04. The van der Waals surface area contributed by atoms with Gasteiger partial charge in [-0.1, -0.05) is 37.6 Å². The molecule has 0 aliphatic heterocycles. The van der Waals surface area contributed by atoms with E-state index in [1.54, 1.807) is 6.07 Å². The molecule has 0 aromatic heterocycles. The molecular weight excluding hydrogens is 326 g/mol. The van der Waals surface area contributed by atoms with E-state index >= 15 is 0 Å². The lowest BCUT2D eigenvalue weighted by Crippen LogP contribution is -2.22. The molecule has 0 fully saturated rings. The van der Waals surface area contributed by atoms with Crippen molar-refractivity contribution in [3.8, 4) is 0 Å². The Hall–Kier alpha value is -2.38. The van der Waals surface area contributed by atoms with E-state index in [0.717, 1.165) is 19.3 Å². The zero-order valence-electron chi connectivity index (χ0n) is 13.5. The highest BCUT2D eigenvalue weighted by atomic mass is 32.2. The SMILES string of the molecule is CCCCc1ccc(NC(=O)Nc2ccccc2S(N)(=O)=O)cc1. The maximum absolute atomic E-state index is 12.1. The number of nitrogens with two attached hydrogens (primary N) is 1. The summed E-state index contributed by atoms with van der Waals surface area (Å²) in [7, 11) is -3.91. The number of urea groups is 1. The Morgan fingerprint density at radius 1 is 1.04 bits per heavy atom. The average molecular weight is 347 g/mol. The van der Waals surface area contributed by atoms with Crippen molar-refractivity contribution in [3.63, 3.8) is 0 Å².